The number of rotatable bonds is 55. The molecule has 408 valence electrons. The molecule has 0 aliphatic rings. The average Bonchev–Trinajstić information content (AvgIpc) is 3.31. The number of nitrogens with zero attached hydrogens (tertiary/aromatic N) is 1. The Labute approximate surface area is 429 Å². The third-order valence-electron chi connectivity index (χ3n) is 13.6. The van der Waals surface area contributed by atoms with Gasteiger partial charge in [0.2, 0.25) is 5.91 Å². The third-order valence-corrected chi connectivity index (χ3v) is 14.6. The minimum atomic E-state index is -4.36. The van der Waals surface area contributed by atoms with Gasteiger partial charge in [0, 0.05) is 6.42 Å². The van der Waals surface area contributed by atoms with E-state index in [9.17, 15) is 19.4 Å². The van der Waals surface area contributed by atoms with Crippen molar-refractivity contribution in [2.75, 3.05) is 40.9 Å². The van der Waals surface area contributed by atoms with Gasteiger partial charge in [0.15, 0.2) is 0 Å². The average molecular weight is 995 g/mol. The summed E-state index contributed by atoms with van der Waals surface area (Å²) < 4.78 is 23.7. The lowest BCUT2D eigenvalue weighted by atomic mass is 10.0. The number of hydrogen-bond donors (Lipinski definition) is 3. The Kier molecular flexibility index (Phi) is 50.7. The van der Waals surface area contributed by atoms with Crippen LogP contribution in [-0.2, 0) is 18.4 Å². The molecule has 0 radical (unpaired) electrons. The van der Waals surface area contributed by atoms with E-state index in [4.69, 9.17) is 9.05 Å². The van der Waals surface area contributed by atoms with Gasteiger partial charge in [-0.2, -0.15) is 0 Å². The fourth-order valence-corrected chi connectivity index (χ4v) is 9.64. The highest BCUT2D eigenvalue weighted by Gasteiger charge is 2.27. The van der Waals surface area contributed by atoms with Gasteiger partial charge in [0.05, 0.1) is 39.9 Å². The highest BCUT2D eigenvalue weighted by atomic mass is 31.2. The highest BCUT2D eigenvalue weighted by Crippen LogP contribution is 2.43. The van der Waals surface area contributed by atoms with Gasteiger partial charge in [-0.1, -0.05) is 275 Å². The Morgan fingerprint density at radius 2 is 0.797 bits per heavy atom. The Balaban J connectivity index is 4.16. The minimum Gasteiger partial charge on any atom is -0.387 e. The molecule has 3 atom stereocenters. The molecule has 0 saturated heterocycles. The molecular weight excluding hydrogens is 876 g/mol. The molecule has 9 heteroatoms. The van der Waals surface area contributed by atoms with Crippen LogP contribution < -0.4 is 5.32 Å². The zero-order valence-corrected chi connectivity index (χ0v) is 47.5. The molecule has 0 heterocycles. The van der Waals surface area contributed by atoms with Gasteiger partial charge in [0.25, 0.3) is 0 Å². The molecule has 0 aromatic carbocycles. The van der Waals surface area contributed by atoms with Gasteiger partial charge in [-0.15, -0.1) is 0 Å². The van der Waals surface area contributed by atoms with Crippen molar-refractivity contribution in [3.63, 3.8) is 0 Å². The lowest BCUT2D eigenvalue weighted by Gasteiger charge is -2.25. The topological polar surface area (TPSA) is 105 Å². The quantitative estimate of drug-likeness (QED) is 0.0243. The molecule has 3 N–H and O–H groups in total. The van der Waals surface area contributed by atoms with Gasteiger partial charge in [-0.05, 0) is 44.9 Å². The van der Waals surface area contributed by atoms with Crippen molar-refractivity contribution in [2.45, 2.75) is 302 Å². The third kappa shape index (κ3) is 54.3. The van der Waals surface area contributed by atoms with Crippen LogP contribution in [0.25, 0.3) is 0 Å². The molecule has 1 amide bonds. The SMILES string of the molecule is CCCCCCCCCCC/C=C/CC/C=C/CC/C=C/C(O)C(COP(=O)(O)OCC[N+](C)(C)C)NC(=O)CCCCCCCCCCCCCCCCCCCCCCCCCCCCCC. The number of phosphoric ester groups is 1. The van der Waals surface area contributed by atoms with E-state index >= 15 is 0 Å². The number of nitrogens with one attached hydrogen (secondary N) is 1. The molecule has 0 bridgehead atoms. The summed E-state index contributed by atoms with van der Waals surface area (Å²) in [6, 6.07) is -0.868. The van der Waals surface area contributed by atoms with Crippen LogP contribution in [0.4, 0.5) is 0 Å². The van der Waals surface area contributed by atoms with Gasteiger partial charge in [0.1, 0.15) is 13.2 Å². The number of quaternary nitrogens is 1. The Bertz CT molecular complexity index is 1220. The molecule has 0 aliphatic heterocycles. The van der Waals surface area contributed by atoms with Gasteiger partial charge < -0.3 is 19.8 Å². The zero-order valence-electron chi connectivity index (χ0n) is 46.6. The molecule has 3 unspecified atom stereocenters. The maximum Gasteiger partial charge on any atom is 0.472 e. The number of allylic oxidation sites excluding steroid dienone is 5. The Hall–Kier alpha value is -1.28. The summed E-state index contributed by atoms with van der Waals surface area (Å²) in [5.74, 6) is -0.185. The van der Waals surface area contributed by atoms with Crippen LogP contribution in [0.3, 0.4) is 0 Å². The van der Waals surface area contributed by atoms with Crippen molar-refractivity contribution in [2.24, 2.45) is 0 Å². The minimum absolute atomic E-state index is 0.0551. The maximum absolute atomic E-state index is 13.0. The number of aliphatic hydroxyl groups is 1. The van der Waals surface area contributed by atoms with E-state index in [0.717, 1.165) is 44.9 Å². The van der Waals surface area contributed by atoms with Gasteiger partial charge >= 0.3 is 7.82 Å². The summed E-state index contributed by atoms with van der Waals surface area (Å²) in [5, 5.41) is 13.9. The molecule has 0 fully saturated rings. The van der Waals surface area contributed by atoms with Crippen molar-refractivity contribution in [1.82, 2.24) is 5.32 Å². The van der Waals surface area contributed by atoms with E-state index in [1.807, 2.05) is 27.2 Å². The van der Waals surface area contributed by atoms with Crippen molar-refractivity contribution < 1.29 is 32.9 Å². The van der Waals surface area contributed by atoms with Crippen molar-refractivity contribution in [3.8, 4) is 0 Å². The first-order chi connectivity index (χ1) is 33.5. The first-order valence-corrected chi connectivity index (χ1v) is 31.4. The number of carbonyl (C=O) groups excluding carboxylic acids is 1. The lowest BCUT2D eigenvalue weighted by molar-refractivity contribution is -0.870. The number of likely N-dealkylation sites (N-methyl/N-ethyl adjacent to an activating group) is 1. The number of hydrogen-bond acceptors (Lipinski definition) is 5. The first kappa shape index (κ1) is 67.7. The number of aliphatic hydroxyl groups excluding tert-OH is 1. The Morgan fingerprint density at radius 3 is 1.16 bits per heavy atom. The first-order valence-electron chi connectivity index (χ1n) is 29.9. The summed E-state index contributed by atoms with van der Waals surface area (Å²) in [6.07, 6.45) is 66.9. The van der Waals surface area contributed by atoms with Crippen LogP contribution >= 0.6 is 7.82 Å². The second kappa shape index (κ2) is 51.6. The molecule has 0 aromatic rings. The summed E-state index contributed by atoms with van der Waals surface area (Å²) in [5.41, 5.74) is 0. The number of amides is 1. The van der Waals surface area contributed by atoms with E-state index in [1.165, 1.54) is 225 Å². The number of phosphoric acid groups is 1. The number of unbranched alkanes of at least 4 members (excludes halogenated alkanes) is 38. The van der Waals surface area contributed by atoms with E-state index in [1.54, 1.807) is 6.08 Å². The molecular formula is C60H118N2O6P+. The molecule has 0 aromatic heterocycles. The summed E-state index contributed by atoms with van der Waals surface area (Å²) >= 11 is 0. The van der Waals surface area contributed by atoms with Gasteiger partial charge in [-0.25, -0.2) is 4.57 Å². The van der Waals surface area contributed by atoms with Crippen LogP contribution in [0.1, 0.15) is 290 Å². The largest absolute Gasteiger partial charge is 0.472 e. The second-order valence-electron chi connectivity index (χ2n) is 21.7. The zero-order chi connectivity index (χ0) is 50.6. The smallest absolute Gasteiger partial charge is 0.387 e. The summed E-state index contributed by atoms with van der Waals surface area (Å²) in [6.45, 7) is 4.82. The second-order valence-corrected chi connectivity index (χ2v) is 23.2. The molecule has 0 rings (SSSR count). The predicted molar refractivity (Wildman–Crippen MR) is 300 cm³/mol. The van der Waals surface area contributed by atoms with Crippen LogP contribution in [-0.4, -0.2) is 73.4 Å². The monoisotopic (exact) mass is 994 g/mol. The fourth-order valence-electron chi connectivity index (χ4n) is 8.90. The maximum atomic E-state index is 13.0. The van der Waals surface area contributed by atoms with Crippen LogP contribution in [0.2, 0.25) is 0 Å². The lowest BCUT2D eigenvalue weighted by Crippen LogP contribution is -2.45. The van der Waals surface area contributed by atoms with Gasteiger partial charge in [-0.3, -0.25) is 13.8 Å². The van der Waals surface area contributed by atoms with Crippen LogP contribution in [0.15, 0.2) is 36.5 Å². The molecule has 0 aliphatic carbocycles. The highest BCUT2D eigenvalue weighted by molar-refractivity contribution is 7.47. The summed E-state index contributed by atoms with van der Waals surface area (Å²) in [4.78, 5) is 23.3. The van der Waals surface area contributed by atoms with Crippen LogP contribution in [0.5, 0.6) is 0 Å². The standard InChI is InChI=1S/C60H117N2O6P/c1-6-8-10-12-14-16-18-20-22-24-26-27-28-29-30-31-32-33-34-36-38-40-42-44-46-48-50-52-54-60(64)61-58(57-68-69(65,66)67-56-55-62(3,4)5)59(63)53-51-49-47-45-43-41-39-37-35-25-23-21-19-17-15-13-11-9-7-2/h35,37,43,45,51,53,58-59,63H,6-34,36,38-42,44,46-50,52,54-57H2,1-5H3,(H-,61,64,65,66)/p+1/b37-35+,45-43+,53-51+. The molecule has 0 spiro atoms. The molecule has 69 heavy (non-hydrogen) atoms. The van der Waals surface area contributed by atoms with Crippen molar-refractivity contribution in [1.29, 1.82) is 0 Å². The Morgan fingerprint density at radius 1 is 0.478 bits per heavy atom. The predicted octanol–water partition coefficient (Wildman–Crippen LogP) is 18.2. The van der Waals surface area contributed by atoms with E-state index < -0.39 is 20.0 Å². The fraction of sp³-hybridized carbons (Fsp3) is 0.883. The summed E-state index contributed by atoms with van der Waals surface area (Å²) in [7, 11) is 1.56. The normalized spacial score (nSPS) is 14.1. The van der Waals surface area contributed by atoms with E-state index in [2.05, 4.69) is 43.5 Å². The van der Waals surface area contributed by atoms with Crippen molar-refractivity contribution in [3.05, 3.63) is 36.5 Å². The van der Waals surface area contributed by atoms with Crippen molar-refractivity contribution >= 4 is 13.7 Å². The van der Waals surface area contributed by atoms with E-state index in [0.29, 0.717) is 17.4 Å². The molecule has 8 nitrogen and oxygen atoms in total. The van der Waals surface area contributed by atoms with Crippen LogP contribution in [0, 0.1) is 0 Å². The van der Waals surface area contributed by atoms with E-state index in [-0.39, 0.29) is 19.1 Å². The number of carbonyl (C=O) groups is 1. The molecule has 0 saturated carbocycles.